The third kappa shape index (κ3) is 3.22. The van der Waals surface area contributed by atoms with Crippen molar-refractivity contribution in [2.75, 3.05) is 12.0 Å². The summed E-state index contributed by atoms with van der Waals surface area (Å²) in [6.45, 7) is 3.72. The number of methoxy groups -OCH3 is 1. The van der Waals surface area contributed by atoms with E-state index in [0.717, 1.165) is 31.2 Å². The van der Waals surface area contributed by atoms with E-state index in [9.17, 15) is 9.59 Å². The van der Waals surface area contributed by atoms with Crippen LogP contribution < -0.4 is 15.0 Å². The molecule has 2 amide bonds. The highest BCUT2D eigenvalue weighted by Crippen LogP contribution is 2.42. The van der Waals surface area contributed by atoms with Gasteiger partial charge in [-0.25, -0.2) is 0 Å². The summed E-state index contributed by atoms with van der Waals surface area (Å²) in [6, 6.07) is 3.74. The molecule has 1 aromatic carbocycles. The molecule has 1 saturated carbocycles. The predicted octanol–water partition coefficient (Wildman–Crippen LogP) is 3.60. The van der Waals surface area contributed by atoms with Crippen molar-refractivity contribution in [1.29, 1.82) is 0 Å². The number of halogens is 1. The lowest BCUT2D eigenvalue weighted by Crippen LogP contribution is -2.56. The van der Waals surface area contributed by atoms with Crippen LogP contribution in [-0.2, 0) is 9.59 Å². The van der Waals surface area contributed by atoms with Crippen molar-refractivity contribution in [1.82, 2.24) is 5.32 Å². The maximum absolute atomic E-state index is 13.0. The highest BCUT2D eigenvalue weighted by atomic mass is 35.5. The van der Waals surface area contributed by atoms with Crippen LogP contribution in [0.4, 0.5) is 5.69 Å². The number of nitrogens with zero attached hydrogens (tertiary/aromatic N) is 1. The van der Waals surface area contributed by atoms with E-state index >= 15 is 0 Å². The zero-order valence-corrected chi connectivity index (χ0v) is 15.8. The van der Waals surface area contributed by atoms with Gasteiger partial charge in [-0.2, -0.15) is 0 Å². The Hall–Kier alpha value is -1.75. The van der Waals surface area contributed by atoms with Crippen molar-refractivity contribution >= 4 is 29.1 Å². The highest BCUT2D eigenvalue weighted by Gasteiger charge is 2.49. The van der Waals surface area contributed by atoms with Crippen LogP contribution in [0.1, 0.15) is 51.0 Å². The third-order valence-electron chi connectivity index (χ3n) is 5.45. The molecule has 1 N–H and O–H groups in total. The number of nitrogens with one attached hydrogen (secondary N) is 1. The van der Waals surface area contributed by atoms with Gasteiger partial charge in [-0.3, -0.25) is 14.5 Å². The van der Waals surface area contributed by atoms with Crippen LogP contribution in [0.25, 0.3) is 0 Å². The summed E-state index contributed by atoms with van der Waals surface area (Å²) in [7, 11) is 1.54. The third-order valence-corrected chi connectivity index (χ3v) is 5.86. The Morgan fingerprint density at radius 3 is 2.68 bits per heavy atom. The van der Waals surface area contributed by atoms with Crippen molar-refractivity contribution in [2.45, 2.75) is 64.0 Å². The Morgan fingerprint density at radius 1 is 1.36 bits per heavy atom. The van der Waals surface area contributed by atoms with E-state index < -0.39 is 5.54 Å². The second kappa shape index (κ2) is 6.87. The Labute approximate surface area is 153 Å². The fourth-order valence-corrected chi connectivity index (χ4v) is 4.02. The maximum atomic E-state index is 13.0. The molecule has 0 spiro atoms. The number of carbonyl (C=O) groups is 2. The average molecular weight is 365 g/mol. The summed E-state index contributed by atoms with van der Waals surface area (Å²) < 4.78 is 5.44. The molecular weight excluding hydrogens is 340 g/mol. The van der Waals surface area contributed by atoms with Crippen molar-refractivity contribution in [3.05, 3.63) is 22.7 Å². The first-order valence-corrected chi connectivity index (χ1v) is 9.23. The van der Waals surface area contributed by atoms with E-state index in [1.54, 1.807) is 18.1 Å². The number of hydrogen-bond donors (Lipinski definition) is 1. The van der Waals surface area contributed by atoms with Gasteiger partial charge in [0.05, 0.1) is 12.8 Å². The summed E-state index contributed by atoms with van der Waals surface area (Å²) in [5.41, 5.74) is 0.541. The quantitative estimate of drug-likeness (QED) is 0.888. The molecule has 0 radical (unpaired) electrons. The van der Waals surface area contributed by atoms with E-state index in [0.29, 0.717) is 29.3 Å². The lowest BCUT2D eigenvalue weighted by molar-refractivity contribution is -0.127. The maximum Gasteiger partial charge on any atom is 0.246 e. The minimum Gasteiger partial charge on any atom is -0.495 e. The number of anilines is 1. The predicted molar refractivity (Wildman–Crippen MR) is 98.3 cm³/mol. The molecule has 0 aromatic heterocycles. The average Bonchev–Trinajstić information content (AvgIpc) is 3.19. The standard InChI is InChI=1S/C19H25ClN2O3/c1-12-10-15(16(25-3)11-14(12)20)22-17(23)8-9-19(22,2)18(24)21-13-6-4-5-7-13/h10-11,13H,4-9H2,1-3H3,(H,21,24)/t19-/m0/s1. The SMILES string of the molecule is COc1cc(Cl)c(C)cc1N1C(=O)CC[C@@]1(C)C(=O)NC1CCCC1. The molecular formula is C19H25ClN2O3. The van der Waals surface area contributed by atoms with Gasteiger partial charge in [0.1, 0.15) is 11.3 Å². The van der Waals surface area contributed by atoms with Crippen LogP contribution in [0, 0.1) is 6.92 Å². The van der Waals surface area contributed by atoms with Gasteiger partial charge >= 0.3 is 0 Å². The second-order valence-corrected chi connectivity index (χ2v) is 7.64. The molecule has 1 saturated heterocycles. The number of rotatable bonds is 4. The molecule has 3 rings (SSSR count). The zero-order chi connectivity index (χ0) is 18.2. The summed E-state index contributed by atoms with van der Waals surface area (Å²) in [6.07, 6.45) is 5.16. The van der Waals surface area contributed by atoms with Crippen molar-refractivity contribution in [3.63, 3.8) is 0 Å². The smallest absolute Gasteiger partial charge is 0.246 e. The first-order valence-electron chi connectivity index (χ1n) is 8.85. The molecule has 25 heavy (non-hydrogen) atoms. The molecule has 1 aromatic rings. The molecule has 1 heterocycles. The Morgan fingerprint density at radius 2 is 2.04 bits per heavy atom. The number of carbonyl (C=O) groups excluding carboxylic acids is 2. The van der Waals surface area contributed by atoms with E-state index in [-0.39, 0.29) is 17.9 Å². The number of ether oxygens (including phenoxy) is 1. The van der Waals surface area contributed by atoms with Gasteiger partial charge in [0.2, 0.25) is 11.8 Å². The monoisotopic (exact) mass is 364 g/mol. The zero-order valence-electron chi connectivity index (χ0n) is 15.0. The fourth-order valence-electron chi connectivity index (χ4n) is 3.86. The van der Waals surface area contributed by atoms with Gasteiger partial charge in [0, 0.05) is 23.6 Å². The molecule has 0 bridgehead atoms. The molecule has 2 fully saturated rings. The van der Waals surface area contributed by atoms with E-state index in [2.05, 4.69) is 5.32 Å². The number of benzene rings is 1. The van der Waals surface area contributed by atoms with Crippen LogP contribution in [0.5, 0.6) is 5.75 Å². The van der Waals surface area contributed by atoms with Crippen molar-refractivity contribution in [3.8, 4) is 5.75 Å². The van der Waals surface area contributed by atoms with Gasteiger partial charge in [-0.05, 0) is 44.7 Å². The minimum atomic E-state index is -0.910. The summed E-state index contributed by atoms with van der Waals surface area (Å²) >= 11 is 6.19. The number of amides is 2. The normalized spacial score (nSPS) is 24.0. The molecule has 2 aliphatic rings. The fraction of sp³-hybridized carbons (Fsp3) is 0.579. The van der Waals surface area contributed by atoms with Crippen LogP contribution in [-0.4, -0.2) is 30.5 Å². The first kappa shape index (κ1) is 18.1. The van der Waals surface area contributed by atoms with Gasteiger partial charge in [0.25, 0.3) is 0 Å². The van der Waals surface area contributed by atoms with Crippen LogP contribution in [0.15, 0.2) is 12.1 Å². The van der Waals surface area contributed by atoms with Crippen LogP contribution >= 0.6 is 11.6 Å². The van der Waals surface area contributed by atoms with Gasteiger partial charge in [0.15, 0.2) is 0 Å². The lowest BCUT2D eigenvalue weighted by Gasteiger charge is -2.35. The molecule has 1 atom stereocenters. The largest absolute Gasteiger partial charge is 0.495 e. The lowest BCUT2D eigenvalue weighted by atomic mass is 9.96. The minimum absolute atomic E-state index is 0.0657. The van der Waals surface area contributed by atoms with E-state index in [4.69, 9.17) is 16.3 Å². The molecule has 136 valence electrons. The Kier molecular flexibility index (Phi) is 4.96. The van der Waals surface area contributed by atoms with Gasteiger partial charge < -0.3 is 10.1 Å². The highest BCUT2D eigenvalue weighted by molar-refractivity contribution is 6.31. The molecule has 6 heteroatoms. The van der Waals surface area contributed by atoms with Crippen LogP contribution in [0.2, 0.25) is 5.02 Å². The second-order valence-electron chi connectivity index (χ2n) is 7.23. The van der Waals surface area contributed by atoms with Gasteiger partial charge in [-0.15, -0.1) is 0 Å². The Bertz CT molecular complexity index is 700. The molecule has 0 unspecified atom stereocenters. The van der Waals surface area contributed by atoms with Crippen molar-refractivity contribution in [2.24, 2.45) is 0 Å². The molecule has 1 aliphatic carbocycles. The first-order chi connectivity index (χ1) is 11.9. The van der Waals surface area contributed by atoms with E-state index in [1.807, 2.05) is 19.9 Å². The Balaban J connectivity index is 1.96. The number of aryl methyl sites for hydroxylation is 1. The van der Waals surface area contributed by atoms with Crippen molar-refractivity contribution < 1.29 is 14.3 Å². The van der Waals surface area contributed by atoms with Crippen LogP contribution in [0.3, 0.4) is 0 Å². The summed E-state index contributed by atoms with van der Waals surface area (Å²) in [5.74, 6) is 0.356. The van der Waals surface area contributed by atoms with E-state index in [1.165, 1.54) is 0 Å². The molecule has 1 aliphatic heterocycles. The summed E-state index contributed by atoms with van der Waals surface area (Å²) in [4.78, 5) is 27.3. The molecule has 5 nitrogen and oxygen atoms in total. The van der Waals surface area contributed by atoms with Gasteiger partial charge in [-0.1, -0.05) is 24.4 Å². The summed E-state index contributed by atoms with van der Waals surface area (Å²) in [5, 5.41) is 3.72. The number of hydrogen-bond acceptors (Lipinski definition) is 3. The topological polar surface area (TPSA) is 58.6 Å².